The molecule has 3 heteroatoms. The zero-order chi connectivity index (χ0) is 11.6. The van der Waals surface area contributed by atoms with Crippen molar-refractivity contribution in [2.45, 2.75) is 52.0 Å². The standard InChI is InChI=1S/C12H25ClN2/c1-6-7-15-11(8-12(2,3)4)10(13)9-14(15)5/h10-11H,6-9H2,1-5H3. The molecule has 0 radical (unpaired) electrons. The summed E-state index contributed by atoms with van der Waals surface area (Å²) in [7, 11) is 2.15. The third kappa shape index (κ3) is 3.61. The fourth-order valence-electron chi connectivity index (χ4n) is 2.35. The van der Waals surface area contributed by atoms with E-state index in [-0.39, 0.29) is 5.38 Å². The Balaban J connectivity index is 2.65. The average molecular weight is 233 g/mol. The molecule has 0 N–H and O–H groups in total. The molecule has 0 saturated carbocycles. The second kappa shape index (κ2) is 5.03. The maximum atomic E-state index is 6.43. The maximum absolute atomic E-state index is 6.43. The minimum atomic E-state index is 0.278. The molecule has 0 aromatic rings. The number of rotatable bonds is 3. The Morgan fingerprint density at radius 1 is 1.33 bits per heavy atom. The molecule has 0 bridgehead atoms. The molecule has 0 amide bonds. The third-order valence-electron chi connectivity index (χ3n) is 2.95. The van der Waals surface area contributed by atoms with Crippen LogP contribution in [0.25, 0.3) is 0 Å². The Morgan fingerprint density at radius 2 is 1.93 bits per heavy atom. The Hall–Kier alpha value is 0.210. The van der Waals surface area contributed by atoms with Crippen LogP contribution in [0, 0.1) is 5.41 Å². The second-order valence-corrected chi connectivity index (χ2v) is 6.41. The molecule has 2 unspecified atom stereocenters. The van der Waals surface area contributed by atoms with Crippen LogP contribution >= 0.6 is 11.6 Å². The minimum Gasteiger partial charge on any atom is -0.243 e. The van der Waals surface area contributed by atoms with Crippen LogP contribution in [0.4, 0.5) is 0 Å². The average Bonchev–Trinajstić information content (AvgIpc) is 2.30. The lowest BCUT2D eigenvalue weighted by Crippen LogP contribution is -2.42. The van der Waals surface area contributed by atoms with Gasteiger partial charge in [0.2, 0.25) is 0 Å². The number of hydrazine groups is 1. The summed E-state index contributed by atoms with van der Waals surface area (Å²) in [4.78, 5) is 0. The van der Waals surface area contributed by atoms with E-state index in [1.165, 1.54) is 12.8 Å². The molecule has 2 atom stereocenters. The van der Waals surface area contributed by atoms with Crippen molar-refractivity contribution < 1.29 is 0 Å². The van der Waals surface area contributed by atoms with E-state index in [0.29, 0.717) is 11.5 Å². The molecule has 1 aliphatic heterocycles. The maximum Gasteiger partial charge on any atom is 0.0646 e. The molecular formula is C12H25ClN2. The Labute approximate surface area is 99.5 Å². The van der Waals surface area contributed by atoms with Gasteiger partial charge in [-0.1, -0.05) is 27.7 Å². The molecule has 0 aliphatic carbocycles. The summed E-state index contributed by atoms with van der Waals surface area (Å²) in [5.74, 6) is 0. The van der Waals surface area contributed by atoms with Crippen molar-refractivity contribution in [3.63, 3.8) is 0 Å². The molecule has 1 rings (SSSR count). The Kier molecular flexibility index (Phi) is 4.45. The summed E-state index contributed by atoms with van der Waals surface area (Å²) in [6.45, 7) is 11.2. The summed E-state index contributed by atoms with van der Waals surface area (Å²) in [5.41, 5.74) is 0.356. The van der Waals surface area contributed by atoms with Gasteiger partial charge in [-0.3, -0.25) is 0 Å². The van der Waals surface area contributed by atoms with Gasteiger partial charge >= 0.3 is 0 Å². The van der Waals surface area contributed by atoms with Crippen LogP contribution in [0.3, 0.4) is 0 Å². The van der Waals surface area contributed by atoms with Crippen molar-refractivity contribution in [1.82, 2.24) is 10.0 Å². The molecule has 0 aromatic carbocycles. The summed E-state index contributed by atoms with van der Waals surface area (Å²) in [6.07, 6.45) is 2.36. The highest BCUT2D eigenvalue weighted by molar-refractivity contribution is 6.21. The van der Waals surface area contributed by atoms with E-state index < -0.39 is 0 Å². The predicted octanol–water partition coefficient (Wildman–Crippen LogP) is 2.97. The molecule has 0 spiro atoms. The first-order chi connectivity index (χ1) is 6.85. The van der Waals surface area contributed by atoms with E-state index in [0.717, 1.165) is 13.1 Å². The van der Waals surface area contributed by atoms with Gasteiger partial charge in [0.25, 0.3) is 0 Å². The van der Waals surface area contributed by atoms with Gasteiger partial charge < -0.3 is 0 Å². The van der Waals surface area contributed by atoms with Gasteiger partial charge in [-0.25, -0.2) is 10.0 Å². The van der Waals surface area contributed by atoms with Crippen molar-refractivity contribution >= 4 is 11.6 Å². The molecular weight excluding hydrogens is 208 g/mol. The van der Waals surface area contributed by atoms with Gasteiger partial charge in [-0.05, 0) is 18.3 Å². The summed E-state index contributed by atoms with van der Waals surface area (Å²) in [5, 5.41) is 5.02. The van der Waals surface area contributed by atoms with Crippen molar-refractivity contribution in [2.75, 3.05) is 20.1 Å². The molecule has 1 heterocycles. The van der Waals surface area contributed by atoms with E-state index in [4.69, 9.17) is 11.6 Å². The number of hydrogen-bond donors (Lipinski definition) is 0. The third-order valence-corrected chi connectivity index (χ3v) is 3.38. The van der Waals surface area contributed by atoms with Crippen LogP contribution in [0.1, 0.15) is 40.5 Å². The SMILES string of the molecule is CCCN1C(CC(C)(C)C)C(Cl)CN1C. The molecule has 1 aliphatic rings. The normalized spacial score (nSPS) is 30.0. The lowest BCUT2D eigenvalue weighted by atomic mass is 9.87. The smallest absolute Gasteiger partial charge is 0.0646 e. The molecule has 1 saturated heterocycles. The Bertz CT molecular complexity index is 200. The van der Waals surface area contributed by atoms with Gasteiger partial charge in [0.1, 0.15) is 0 Å². The van der Waals surface area contributed by atoms with E-state index >= 15 is 0 Å². The first kappa shape index (κ1) is 13.3. The number of halogens is 1. The largest absolute Gasteiger partial charge is 0.243 e. The fourth-order valence-corrected chi connectivity index (χ4v) is 2.76. The van der Waals surface area contributed by atoms with Crippen LogP contribution in [-0.2, 0) is 0 Å². The van der Waals surface area contributed by atoms with Crippen molar-refractivity contribution in [3.05, 3.63) is 0 Å². The quantitative estimate of drug-likeness (QED) is 0.691. The van der Waals surface area contributed by atoms with Crippen LogP contribution in [0.2, 0.25) is 0 Å². The molecule has 2 nitrogen and oxygen atoms in total. The van der Waals surface area contributed by atoms with Crippen LogP contribution in [0.15, 0.2) is 0 Å². The van der Waals surface area contributed by atoms with E-state index in [2.05, 4.69) is 44.8 Å². The summed E-state index contributed by atoms with van der Waals surface area (Å²) >= 11 is 6.43. The predicted molar refractivity (Wildman–Crippen MR) is 67.1 cm³/mol. The first-order valence-electron chi connectivity index (χ1n) is 5.97. The fraction of sp³-hybridized carbons (Fsp3) is 1.00. The lowest BCUT2D eigenvalue weighted by molar-refractivity contribution is 0.00932. The van der Waals surface area contributed by atoms with Crippen molar-refractivity contribution in [2.24, 2.45) is 5.41 Å². The van der Waals surface area contributed by atoms with Gasteiger partial charge in [0.05, 0.1) is 5.38 Å². The number of alkyl halides is 1. The van der Waals surface area contributed by atoms with Crippen molar-refractivity contribution in [1.29, 1.82) is 0 Å². The van der Waals surface area contributed by atoms with Crippen LogP contribution in [-0.4, -0.2) is 41.6 Å². The van der Waals surface area contributed by atoms with E-state index in [9.17, 15) is 0 Å². The highest BCUT2D eigenvalue weighted by Gasteiger charge is 2.38. The molecule has 90 valence electrons. The highest BCUT2D eigenvalue weighted by Crippen LogP contribution is 2.32. The zero-order valence-corrected chi connectivity index (χ0v) is 11.5. The Morgan fingerprint density at radius 3 is 2.40 bits per heavy atom. The van der Waals surface area contributed by atoms with Crippen molar-refractivity contribution in [3.8, 4) is 0 Å². The van der Waals surface area contributed by atoms with Crippen LogP contribution < -0.4 is 0 Å². The second-order valence-electron chi connectivity index (χ2n) is 5.85. The van der Waals surface area contributed by atoms with Gasteiger partial charge in [0, 0.05) is 26.2 Å². The highest BCUT2D eigenvalue weighted by atomic mass is 35.5. The monoisotopic (exact) mass is 232 g/mol. The zero-order valence-electron chi connectivity index (χ0n) is 10.8. The molecule has 0 aromatic heterocycles. The molecule has 1 fully saturated rings. The number of nitrogens with zero attached hydrogens (tertiary/aromatic N) is 2. The summed E-state index contributed by atoms with van der Waals surface area (Å²) in [6, 6.07) is 0.511. The van der Waals surface area contributed by atoms with Crippen LogP contribution in [0.5, 0.6) is 0 Å². The topological polar surface area (TPSA) is 6.48 Å². The minimum absolute atomic E-state index is 0.278. The first-order valence-corrected chi connectivity index (χ1v) is 6.40. The molecule has 15 heavy (non-hydrogen) atoms. The van der Waals surface area contributed by atoms with Gasteiger partial charge in [-0.15, -0.1) is 11.6 Å². The lowest BCUT2D eigenvalue weighted by Gasteiger charge is -2.33. The summed E-state index contributed by atoms with van der Waals surface area (Å²) < 4.78 is 0. The van der Waals surface area contributed by atoms with E-state index in [1.807, 2.05) is 0 Å². The number of hydrogen-bond acceptors (Lipinski definition) is 2. The van der Waals surface area contributed by atoms with Gasteiger partial charge in [0.15, 0.2) is 0 Å². The van der Waals surface area contributed by atoms with Gasteiger partial charge in [-0.2, -0.15) is 0 Å². The van der Waals surface area contributed by atoms with E-state index in [1.54, 1.807) is 0 Å².